The van der Waals surface area contributed by atoms with Gasteiger partial charge in [-0.2, -0.15) is 0 Å². The molecule has 8 nitrogen and oxygen atoms in total. The van der Waals surface area contributed by atoms with Crippen molar-refractivity contribution in [2.45, 2.75) is 70.6 Å². The van der Waals surface area contributed by atoms with Gasteiger partial charge >= 0.3 is 12.1 Å². The fraction of sp³-hybridized carbons (Fsp3) is 0.542. The Morgan fingerprint density at radius 3 is 2.53 bits per heavy atom. The Morgan fingerprint density at radius 2 is 1.88 bits per heavy atom. The molecule has 8 heteroatoms. The van der Waals surface area contributed by atoms with E-state index >= 15 is 0 Å². The molecule has 2 aliphatic carbocycles. The molecule has 1 aromatic carbocycles. The van der Waals surface area contributed by atoms with Crippen LogP contribution in [0.25, 0.3) is 11.3 Å². The quantitative estimate of drug-likeness (QED) is 0.657. The third-order valence-electron chi connectivity index (χ3n) is 6.64. The lowest BCUT2D eigenvalue weighted by Crippen LogP contribution is -2.35. The number of carbonyl (C=O) groups is 2. The second kappa shape index (κ2) is 9.63. The predicted octanol–water partition coefficient (Wildman–Crippen LogP) is 4.79. The maximum atomic E-state index is 12.5. The first-order valence-electron chi connectivity index (χ1n) is 11.3. The van der Waals surface area contributed by atoms with E-state index < -0.39 is 5.97 Å². The SMILES string of the molecule is Cc1noc(-c2ccc(OC3CCC(C(=O)O)C3)cc2)c1COC(=O)N(C)C1CCCC1. The fourth-order valence-corrected chi connectivity index (χ4v) is 4.61. The van der Waals surface area contributed by atoms with E-state index in [2.05, 4.69) is 5.16 Å². The number of carboxylic acid groups (broad SMARTS) is 1. The molecule has 2 fully saturated rings. The van der Waals surface area contributed by atoms with Gasteiger partial charge in [0, 0.05) is 18.7 Å². The van der Waals surface area contributed by atoms with Gasteiger partial charge in [-0.25, -0.2) is 4.79 Å². The van der Waals surface area contributed by atoms with Crippen molar-refractivity contribution in [3.05, 3.63) is 35.5 Å². The van der Waals surface area contributed by atoms with Crippen LogP contribution in [0.2, 0.25) is 0 Å². The average Bonchev–Trinajstić information content (AvgIpc) is 3.54. The Hall–Kier alpha value is -3.03. The van der Waals surface area contributed by atoms with Crippen molar-refractivity contribution < 1.29 is 28.7 Å². The van der Waals surface area contributed by atoms with Gasteiger partial charge in [0.25, 0.3) is 0 Å². The number of hydrogen-bond acceptors (Lipinski definition) is 6. The Bertz CT molecular complexity index is 948. The second-order valence-electron chi connectivity index (χ2n) is 8.79. The monoisotopic (exact) mass is 442 g/mol. The van der Waals surface area contributed by atoms with Gasteiger partial charge in [-0.3, -0.25) is 4.79 Å². The molecule has 2 atom stereocenters. The van der Waals surface area contributed by atoms with Crippen molar-refractivity contribution >= 4 is 12.1 Å². The van der Waals surface area contributed by atoms with Crippen molar-refractivity contribution in [1.82, 2.24) is 10.1 Å². The Labute approximate surface area is 187 Å². The number of hydrogen-bond donors (Lipinski definition) is 1. The van der Waals surface area contributed by atoms with E-state index in [1.54, 1.807) is 11.9 Å². The molecule has 2 unspecified atom stereocenters. The summed E-state index contributed by atoms with van der Waals surface area (Å²) in [5.41, 5.74) is 2.23. The lowest BCUT2D eigenvalue weighted by molar-refractivity contribution is -0.141. The van der Waals surface area contributed by atoms with Crippen molar-refractivity contribution in [2.24, 2.45) is 5.92 Å². The minimum Gasteiger partial charge on any atom is -0.490 e. The maximum Gasteiger partial charge on any atom is 0.410 e. The Kier molecular flexibility index (Phi) is 6.67. The molecule has 0 spiro atoms. The normalized spacial score (nSPS) is 20.9. The summed E-state index contributed by atoms with van der Waals surface area (Å²) in [6.45, 7) is 1.92. The highest BCUT2D eigenvalue weighted by Gasteiger charge is 2.31. The molecule has 172 valence electrons. The van der Waals surface area contributed by atoms with E-state index in [0.717, 1.165) is 43.2 Å². The zero-order chi connectivity index (χ0) is 22.7. The van der Waals surface area contributed by atoms with Crippen molar-refractivity contribution in [1.29, 1.82) is 0 Å². The molecule has 32 heavy (non-hydrogen) atoms. The van der Waals surface area contributed by atoms with Crippen LogP contribution in [0.4, 0.5) is 4.79 Å². The van der Waals surface area contributed by atoms with Crippen molar-refractivity contribution in [3.8, 4) is 17.1 Å². The Morgan fingerprint density at radius 1 is 1.16 bits per heavy atom. The Balaban J connectivity index is 1.38. The highest BCUT2D eigenvalue weighted by Crippen LogP contribution is 2.32. The van der Waals surface area contributed by atoms with Crippen LogP contribution in [0.1, 0.15) is 56.2 Å². The van der Waals surface area contributed by atoms with Crippen molar-refractivity contribution in [3.63, 3.8) is 0 Å². The molecule has 0 saturated heterocycles. The topological polar surface area (TPSA) is 102 Å². The van der Waals surface area contributed by atoms with Gasteiger partial charge in [0.2, 0.25) is 0 Å². The van der Waals surface area contributed by atoms with Gasteiger partial charge < -0.3 is 24.0 Å². The van der Waals surface area contributed by atoms with Crippen LogP contribution in [-0.2, 0) is 16.1 Å². The minimum absolute atomic E-state index is 0.0821. The zero-order valence-corrected chi connectivity index (χ0v) is 18.6. The number of nitrogens with zero attached hydrogens (tertiary/aromatic N) is 2. The number of benzene rings is 1. The van der Waals surface area contributed by atoms with Gasteiger partial charge in [0.05, 0.1) is 23.3 Å². The molecule has 1 heterocycles. The van der Waals surface area contributed by atoms with Crippen LogP contribution in [0.5, 0.6) is 5.75 Å². The molecule has 0 aliphatic heterocycles. The summed E-state index contributed by atoms with van der Waals surface area (Å²) < 4.78 is 17.0. The summed E-state index contributed by atoms with van der Waals surface area (Å²) in [5, 5.41) is 13.2. The van der Waals surface area contributed by atoms with Crippen molar-refractivity contribution in [2.75, 3.05) is 7.05 Å². The molecular formula is C24H30N2O6. The number of amides is 1. The maximum absolute atomic E-state index is 12.5. The lowest BCUT2D eigenvalue weighted by atomic mass is 10.1. The van der Waals surface area contributed by atoms with Crippen LogP contribution >= 0.6 is 0 Å². The number of ether oxygens (including phenoxy) is 2. The number of aliphatic carboxylic acids is 1. The highest BCUT2D eigenvalue weighted by molar-refractivity contribution is 5.70. The van der Waals surface area contributed by atoms with Crippen LogP contribution in [-0.4, -0.2) is 46.4 Å². The smallest absolute Gasteiger partial charge is 0.410 e. The number of aromatic nitrogens is 1. The van der Waals surface area contributed by atoms with E-state index in [1.807, 2.05) is 31.2 Å². The summed E-state index contributed by atoms with van der Waals surface area (Å²) >= 11 is 0. The van der Waals surface area contributed by atoms with Gasteiger partial charge in [-0.1, -0.05) is 18.0 Å². The number of carbonyl (C=O) groups excluding carboxylic acids is 1. The summed E-state index contributed by atoms with van der Waals surface area (Å²) in [7, 11) is 1.79. The highest BCUT2D eigenvalue weighted by atomic mass is 16.6. The molecule has 1 amide bonds. The van der Waals surface area contributed by atoms with Gasteiger partial charge in [-0.05, 0) is 63.3 Å². The molecular weight excluding hydrogens is 412 g/mol. The van der Waals surface area contributed by atoms with Gasteiger partial charge in [0.1, 0.15) is 12.4 Å². The van der Waals surface area contributed by atoms with E-state index in [-0.39, 0.29) is 30.8 Å². The number of rotatable bonds is 7. The third kappa shape index (κ3) is 4.89. The van der Waals surface area contributed by atoms with Gasteiger partial charge in [-0.15, -0.1) is 0 Å². The summed E-state index contributed by atoms with van der Waals surface area (Å²) in [5.74, 6) is 0.175. The predicted molar refractivity (Wildman–Crippen MR) is 116 cm³/mol. The molecule has 2 aromatic rings. The zero-order valence-electron chi connectivity index (χ0n) is 18.6. The molecule has 1 N–H and O–H groups in total. The van der Waals surface area contributed by atoms with Crippen LogP contribution in [0.15, 0.2) is 28.8 Å². The van der Waals surface area contributed by atoms with E-state index in [9.17, 15) is 9.59 Å². The fourth-order valence-electron chi connectivity index (χ4n) is 4.61. The summed E-state index contributed by atoms with van der Waals surface area (Å²) in [4.78, 5) is 25.3. The number of carboxylic acids is 1. The minimum atomic E-state index is -0.755. The number of aryl methyl sites for hydroxylation is 1. The second-order valence-corrected chi connectivity index (χ2v) is 8.79. The summed E-state index contributed by atoms with van der Waals surface area (Å²) in [6, 6.07) is 7.67. The molecule has 1 aromatic heterocycles. The first-order valence-corrected chi connectivity index (χ1v) is 11.3. The van der Waals surface area contributed by atoms with E-state index in [1.165, 1.54) is 0 Å². The first-order chi connectivity index (χ1) is 15.4. The lowest BCUT2D eigenvalue weighted by Gasteiger charge is -2.23. The molecule has 4 rings (SSSR count). The van der Waals surface area contributed by atoms with Crippen LogP contribution < -0.4 is 4.74 Å². The van der Waals surface area contributed by atoms with Crippen LogP contribution in [0.3, 0.4) is 0 Å². The van der Waals surface area contributed by atoms with E-state index in [0.29, 0.717) is 30.0 Å². The molecule has 2 aliphatic rings. The van der Waals surface area contributed by atoms with Gasteiger partial charge in [0.15, 0.2) is 5.76 Å². The summed E-state index contributed by atoms with van der Waals surface area (Å²) in [6.07, 6.45) is 5.85. The first kappa shape index (κ1) is 22.2. The average molecular weight is 443 g/mol. The van der Waals surface area contributed by atoms with Crippen LogP contribution in [0, 0.1) is 12.8 Å². The molecule has 0 bridgehead atoms. The molecule has 0 radical (unpaired) electrons. The molecule has 2 saturated carbocycles. The standard InChI is InChI=1S/C24H30N2O6/c1-15-21(14-30-24(29)26(2)18-5-3-4-6-18)22(32-25-15)16-7-10-19(11-8-16)31-20-12-9-17(13-20)23(27)28/h7-8,10-11,17-18,20H,3-6,9,12-14H2,1-2H3,(H,27,28). The largest absolute Gasteiger partial charge is 0.490 e. The van der Waals surface area contributed by atoms with E-state index in [4.69, 9.17) is 19.1 Å². The third-order valence-corrected chi connectivity index (χ3v) is 6.64.